The largest absolute Gasteiger partial charge is 0.346 e. The lowest BCUT2D eigenvalue weighted by atomic mass is 9.55. The summed E-state index contributed by atoms with van der Waals surface area (Å²) in [5.74, 6) is -0.798. The topological polar surface area (TPSA) is 35.5 Å². The van der Waals surface area contributed by atoms with Crippen molar-refractivity contribution in [1.82, 2.24) is 0 Å². The first-order valence-electron chi connectivity index (χ1n) is 7.13. The molecule has 0 saturated carbocycles. The van der Waals surface area contributed by atoms with E-state index in [2.05, 4.69) is 25.1 Å². The molecule has 0 N–H and O–H groups in total. The third-order valence-corrected chi connectivity index (χ3v) is 5.35. The molecule has 2 aliphatic carbocycles. The zero-order valence-corrected chi connectivity index (χ0v) is 11.8. The molecule has 0 amide bonds. The Hall–Kier alpha value is -1.45. The number of Topliss-reactive ketones (excluding diaryl/α,β-unsaturated/α-hetero) is 1. The smallest absolute Gasteiger partial charge is 0.237 e. The number of carbonyl (C=O) groups excluding carboxylic acids is 1. The molecule has 4 rings (SSSR count). The lowest BCUT2D eigenvalue weighted by Crippen LogP contribution is -2.59. The Balaban J connectivity index is 2.04. The highest BCUT2D eigenvalue weighted by Gasteiger charge is 2.66. The van der Waals surface area contributed by atoms with Gasteiger partial charge in [-0.1, -0.05) is 43.3 Å². The quantitative estimate of drug-likeness (QED) is 0.736. The van der Waals surface area contributed by atoms with Crippen molar-refractivity contribution in [2.45, 2.75) is 24.5 Å². The summed E-state index contributed by atoms with van der Waals surface area (Å²) >= 11 is 0. The van der Waals surface area contributed by atoms with E-state index in [1.54, 1.807) is 7.11 Å². The van der Waals surface area contributed by atoms with Gasteiger partial charge in [0, 0.05) is 29.9 Å². The van der Waals surface area contributed by atoms with Gasteiger partial charge in [0.15, 0.2) is 0 Å². The second-order valence-corrected chi connectivity index (χ2v) is 6.25. The van der Waals surface area contributed by atoms with Crippen LogP contribution in [0.4, 0.5) is 0 Å². The maximum absolute atomic E-state index is 13.0. The third kappa shape index (κ3) is 1.21. The van der Waals surface area contributed by atoms with Crippen molar-refractivity contribution in [3.8, 4) is 0 Å². The van der Waals surface area contributed by atoms with E-state index < -0.39 is 5.79 Å². The van der Waals surface area contributed by atoms with Crippen molar-refractivity contribution in [3.05, 3.63) is 47.5 Å². The van der Waals surface area contributed by atoms with E-state index in [0.29, 0.717) is 6.61 Å². The summed E-state index contributed by atoms with van der Waals surface area (Å²) in [6.45, 7) is 2.80. The average Bonchev–Trinajstić information content (AvgIpc) is 2.88. The lowest BCUT2D eigenvalue weighted by molar-refractivity contribution is -0.191. The molecule has 1 fully saturated rings. The summed E-state index contributed by atoms with van der Waals surface area (Å²) in [4.78, 5) is 13.0. The molecule has 1 aliphatic heterocycles. The van der Waals surface area contributed by atoms with Gasteiger partial charge in [-0.2, -0.15) is 0 Å². The fourth-order valence-corrected chi connectivity index (χ4v) is 4.49. The van der Waals surface area contributed by atoms with Gasteiger partial charge >= 0.3 is 0 Å². The highest BCUT2D eigenvalue weighted by molar-refractivity contribution is 6.05. The van der Waals surface area contributed by atoms with Crippen LogP contribution in [0.25, 0.3) is 0 Å². The molecule has 3 heteroatoms. The van der Waals surface area contributed by atoms with Crippen molar-refractivity contribution < 1.29 is 14.3 Å². The summed E-state index contributed by atoms with van der Waals surface area (Å²) in [5, 5.41) is 0. The minimum Gasteiger partial charge on any atom is -0.346 e. The number of benzene rings is 1. The van der Waals surface area contributed by atoms with E-state index in [1.807, 2.05) is 18.2 Å². The second-order valence-electron chi connectivity index (χ2n) is 6.25. The van der Waals surface area contributed by atoms with Gasteiger partial charge < -0.3 is 9.47 Å². The van der Waals surface area contributed by atoms with Gasteiger partial charge in [-0.3, -0.25) is 4.79 Å². The van der Waals surface area contributed by atoms with Gasteiger partial charge in [0.1, 0.15) is 0 Å². The number of carbonyl (C=O) groups is 1. The normalized spacial score (nSPS) is 41.4. The number of ketones is 1. The minimum atomic E-state index is -1.10. The number of rotatable bonds is 1. The van der Waals surface area contributed by atoms with Crippen molar-refractivity contribution in [2.24, 2.45) is 11.8 Å². The number of allylic oxidation sites excluding steroid dienone is 1. The molecule has 1 aromatic rings. The van der Waals surface area contributed by atoms with Crippen molar-refractivity contribution in [1.29, 1.82) is 0 Å². The van der Waals surface area contributed by atoms with E-state index >= 15 is 0 Å². The number of fused-ring (bicyclic) bond motifs is 2. The Labute approximate surface area is 118 Å². The van der Waals surface area contributed by atoms with E-state index in [9.17, 15) is 4.79 Å². The molecule has 104 valence electrons. The monoisotopic (exact) mass is 270 g/mol. The van der Waals surface area contributed by atoms with E-state index in [-0.39, 0.29) is 23.0 Å². The van der Waals surface area contributed by atoms with Crippen LogP contribution in [0.5, 0.6) is 0 Å². The van der Waals surface area contributed by atoms with Crippen LogP contribution >= 0.6 is 0 Å². The minimum absolute atomic E-state index is 0.0177. The predicted molar refractivity (Wildman–Crippen MR) is 74.6 cm³/mol. The summed E-state index contributed by atoms with van der Waals surface area (Å²) < 4.78 is 11.6. The van der Waals surface area contributed by atoms with Crippen LogP contribution in [-0.4, -0.2) is 25.3 Å². The van der Waals surface area contributed by atoms with Crippen LogP contribution in [0.1, 0.15) is 29.3 Å². The maximum Gasteiger partial charge on any atom is 0.237 e. The number of methoxy groups -OCH3 is 1. The molecule has 1 saturated heterocycles. The predicted octanol–water partition coefficient (Wildman–Crippen LogP) is 2.71. The molecule has 3 aliphatic rings. The highest BCUT2D eigenvalue weighted by atomic mass is 16.7. The first kappa shape index (κ1) is 12.3. The number of ether oxygens (including phenoxy) is 2. The molecule has 20 heavy (non-hydrogen) atoms. The molecule has 1 heterocycles. The van der Waals surface area contributed by atoms with E-state index in [0.717, 1.165) is 17.5 Å². The Kier molecular flexibility index (Phi) is 2.34. The Morgan fingerprint density at radius 3 is 2.95 bits per heavy atom. The van der Waals surface area contributed by atoms with Crippen LogP contribution in [0.3, 0.4) is 0 Å². The number of hydrogen-bond acceptors (Lipinski definition) is 3. The molecule has 0 radical (unpaired) electrons. The Morgan fingerprint density at radius 2 is 2.15 bits per heavy atom. The Bertz CT molecular complexity index is 620. The maximum atomic E-state index is 13.0. The van der Waals surface area contributed by atoms with Crippen molar-refractivity contribution >= 4 is 5.78 Å². The van der Waals surface area contributed by atoms with Gasteiger partial charge in [0.2, 0.25) is 11.6 Å². The molecule has 0 aromatic heterocycles. The van der Waals surface area contributed by atoms with Crippen LogP contribution in [0.15, 0.2) is 36.4 Å². The zero-order valence-electron chi connectivity index (χ0n) is 11.8. The van der Waals surface area contributed by atoms with Crippen molar-refractivity contribution in [3.63, 3.8) is 0 Å². The third-order valence-electron chi connectivity index (χ3n) is 5.35. The first-order valence-corrected chi connectivity index (χ1v) is 7.13. The van der Waals surface area contributed by atoms with Crippen LogP contribution in [0.2, 0.25) is 0 Å². The van der Waals surface area contributed by atoms with Gasteiger partial charge in [-0.05, 0) is 12.0 Å². The fraction of sp³-hybridized carbons (Fsp3) is 0.471. The van der Waals surface area contributed by atoms with Crippen LogP contribution < -0.4 is 0 Å². The lowest BCUT2D eigenvalue weighted by Gasteiger charge is -2.50. The first-order chi connectivity index (χ1) is 9.63. The van der Waals surface area contributed by atoms with Crippen LogP contribution in [-0.2, 0) is 14.9 Å². The fourth-order valence-electron chi connectivity index (χ4n) is 4.49. The zero-order chi connectivity index (χ0) is 14.0. The van der Waals surface area contributed by atoms with Crippen LogP contribution in [0, 0.1) is 11.8 Å². The van der Waals surface area contributed by atoms with Gasteiger partial charge in [0.25, 0.3) is 0 Å². The van der Waals surface area contributed by atoms with E-state index in [4.69, 9.17) is 9.47 Å². The molecule has 0 spiro atoms. The molecular formula is C17H18O3. The molecule has 3 nitrogen and oxygen atoms in total. The summed E-state index contributed by atoms with van der Waals surface area (Å²) in [6.07, 6.45) is 5.34. The van der Waals surface area contributed by atoms with Gasteiger partial charge in [-0.25, -0.2) is 0 Å². The summed E-state index contributed by atoms with van der Waals surface area (Å²) in [5.41, 5.74) is 1.79. The SMILES string of the molecule is CO[C@@]12OC[C@@H]3C=CC[C@@](C)(c4ccccc4C1=O)[C@H]32. The van der Waals surface area contributed by atoms with E-state index in [1.165, 1.54) is 0 Å². The molecule has 1 aromatic carbocycles. The van der Waals surface area contributed by atoms with Crippen molar-refractivity contribution in [2.75, 3.05) is 13.7 Å². The standard InChI is InChI=1S/C17H18O3/c1-16-9-5-6-11-10-20-17(19-2,14(11)16)15(18)12-7-3-4-8-13(12)16/h3-8,11,14H,9-10H2,1-2H3/t11-,14-,16-,17-/m0/s1. The molecule has 0 unspecified atom stereocenters. The summed E-state index contributed by atoms with van der Waals surface area (Å²) in [7, 11) is 1.59. The molecular weight excluding hydrogens is 252 g/mol. The number of hydrogen-bond donors (Lipinski definition) is 0. The van der Waals surface area contributed by atoms with Gasteiger partial charge in [-0.15, -0.1) is 0 Å². The summed E-state index contributed by atoms with van der Waals surface area (Å²) in [6, 6.07) is 7.91. The molecule has 0 bridgehead atoms. The average molecular weight is 270 g/mol. The Morgan fingerprint density at radius 1 is 1.35 bits per heavy atom. The molecule has 4 atom stereocenters. The van der Waals surface area contributed by atoms with Gasteiger partial charge in [0.05, 0.1) is 6.61 Å². The second kappa shape index (κ2) is 3.80. The highest BCUT2D eigenvalue weighted by Crippen LogP contribution is 2.58.